The Labute approximate surface area is 302 Å². The molecule has 8 nitrogen and oxygen atoms in total. The lowest BCUT2D eigenvalue weighted by molar-refractivity contribution is -0.131. The Kier molecular flexibility index (Phi) is 12.8. The molecule has 52 heavy (non-hydrogen) atoms. The number of esters is 4. The highest BCUT2D eigenvalue weighted by Gasteiger charge is 2.17. The first-order valence-corrected chi connectivity index (χ1v) is 15.6. The normalized spacial score (nSPS) is 9.96. The fourth-order valence-electron chi connectivity index (χ4n) is 4.02. The summed E-state index contributed by atoms with van der Waals surface area (Å²) in [7, 11) is 0. The Morgan fingerprint density at radius 2 is 0.865 bits per heavy atom. The average Bonchev–Trinajstić information content (AvgIpc) is 3.14. The van der Waals surface area contributed by atoms with E-state index in [0.29, 0.717) is 22.6 Å². The molecule has 0 aromatic heterocycles. The molecule has 0 saturated carbocycles. The highest BCUT2D eigenvalue weighted by atomic mass is 16.5. The molecule has 4 rings (SSSR count). The molecule has 0 heterocycles. The van der Waals surface area contributed by atoms with Gasteiger partial charge in [0.15, 0.2) is 0 Å². The Balaban J connectivity index is 1.65. The SMILES string of the molecule is C=CC(=O)Oc1ccc(C#Cc2cc(OC(=O)C(=C)C)c(C#Cc3ccc(C=Cc4ccc(OC(=O)C=C)cc4)cc3)cc2OC(=O)C(=C)C)cc1. The maximum atomic E-state index is 12.6. The average molecular weight is 689 g/mol. The second kappa shape index (κ2) is 17.8. The molecule has 0 aliphatic rings. The van der Waals surface area contributed by atoms with E-state index in [1.807, 2.05) is 48.6 Å². The van der Waals surface area contributed by atoms with Crippen LogP contribution in [0, 0.1) is 23.7 Å². The largest absolute Gasteiger partial charge is 0.423 e. The van der Waals surface area contributed by atoms with Gasteiger partial charge in [-0.2, -0.15) is 0 Å². The van der Waals surface area contributed by atoms with Gasteiger partial charge >= 0.3 is 23.9 Å². The number of benzene rings is 4. The van der Waals surface area contributed by atoms with Gasteiger partial charge in [0.05, 0.1) is 11.1 Å². The molecule has 0 N–H and O–H groups in total. The van der Waals surface area contributed by atoms with Gasteiger partial charge in [0.25, 0.3) is 0 Å². The van der Waals surface area contributed by atoms with Crippen LogP contribution in [0.4, 0.5) is 0 Å². The predicted octanol–water partition coefficient (Wildman–Crippen LogP) is 7.80. The van der Waals surface area contributed by atoms with Gasteiger partial charge < -0.3 is 18.9 Å². The van der Waals surface area contributed by atoms with Crippen molar-refractivity contribution in [3.05, 3.63) is 168 Å². The van der Waals surface area contributed by atoms with Crippen LogP contribution in [0.15, 0.2) is 135 Å². The van der Waals surface area contributed by atoms with Crippen molar-refractivity contribution in [3.8, 4) is 46.7 Å². The number of hydrogen-bond donors (Lipinski definition) is 0. The van der Waals surface area contributed by atoms with E-state index in [1.54, 1.807) is 36.4 Å². The fourth-order valence-corrected chi connectivity index (χ4v) is 4.02. The minimum atomic E-state index is -0.683. The lowest BCUT2D eigenvalue weighted by Gasteiger charge is -2.12. The molecule has 0 radical (unpaired) electrons. The third-order valence-corrected chi connectivity index (χ3v) is 6.75. The quantitative estimate of drug-likeness (QED) is 0.0547. The summed E-state index contributed by atoms with van der Waals surface area (Å²) in [6.07, 6.45) is 5.99. The van der Waals surface area contributed by atoms with Gasteiger partial charge in [-0.3, -0.25) is 0 Å². The maximum Gasteiger partial charge on any atom is 0.338 e. The molecular weight excluding hydrogens is 656 g/mol. The molecule has 0 aliphatic heterocycles. The van der Waals surface area contributed by atoms with Crippen molar-refractivity contribution in [1.29, 1.82) is 0 Å². The third kappa shape index (κ3) is 11.1. The van der Waals surface area contributed by atoms with E-state index in [4.69, 9.17) is 18.9 Å². The van der Waals surface area contributed by atoms with Crippen LogP contribution < -0.4 is 18.9 Å². The Hall–Kier alpha value is -7.42. The summed E-state index contributed by atoms with van der Waals surface area (Å²) in [5.74, 6) is 10.4. The molecule has 0 unspecified atom stereocenters. The summed E-state index contributed by atoms with van der Waals surface area (Å²) in [5, 5.41) is 0. The minimum absolute atomic E-state index is 0.0730. The van der Waals surface area contributed by atoms with E-state index < -0.39 is 23.9 Å². The smallest absolute Gasteiger partial charge is 0.338 e. The predicted molar refractivity (Wildman–Crippen MR) is 199 cm³/mol. The van der Waals surface area contributed by atoms with Gasteiger partial charge in [0.1, 0.15) is 23.0 Å². The van der Waals surface area contributed by atoms with Crippen LogP contribution in [-0.4, -0.2) is 23.9 Å². The second-order valence-corrected chi connectivity index (χ2v) is 11.0. The van der Waals surface area contributed by atoms with Gasteiger partial charge in [0.2, 0.25) is 0 Å². The van der Waals surface area contributed by atoms with Crippen molar-refractivity contribution in [2.45, 2.75) is 13.8 Å². The zero-order chi connectivity index (χ0) is 37.6. The van der Waals surface area contributed by atoms with Crippen molar-refractivity contribution in [3.63, 3.8) is 0 Å². The van der Waals surface area contributed by atoms with Gasteiger partial charge in [-0.25, -0.2) is 19.2 Å². The molecular formula is C44H32O8. The summed E-state index contributed by atoms with van der Waals surface area (Å²) in [5.41, 5.74) is 3.84. The summed E-state index contributed by atoms with van der Waals surface area (Å²) in [6.45, 7) is 17.1. The molecule has 0 atom stereocenters. The summed E-state index contributed by atoms with van der Waals surface area (Å²) in [4.78, 5) is 48.1. The highest BCUT2D eigenvalue weighted by Crippen LogP contribution is 2.30. The Bertz CT molecular complexity index is 2230. The van der Waals surface area contributed by atoms with E-state index in [1.165, 1.54) is 26.0 Å². The first kappa shape index (κ1) is 37.4. The molecule has 0 bridgehead atoms. The topological polar surface area (TPSA) is 105 Å². The van der Waals surface area contributed by atoms with Gasteiger partial charge in [-0.05, 0) is 73.5 Å². The van der Waals surface area contributed by atoms with Crippen LogP contribution in [0.25, 0.3) is 12.2 Å². The molecule has 0 aliphatic carbocycles. The first-order chi connectivity index (χ1) is 24.9. The van der Waals surface area contributed by atoms with Crippen molar-refractivity contribution >= 4 is 36.0 Å². The zero-order valence-electron chi connectivity index (χ0n) is 28.5. The third-order valence-electron chi connectivity index (χ3n) is 6.75. The number of carbonyl (C=O) groups is 4. The standard InChI is InChI=1S/C44H32O8/c1-7-41(45)49-37-23-17-33(18-24-37)14-11-31-9-12-32(13-10-31)15-21-35-27-40(52-44(48)30(5)6)36(28-39(35)51-43(47)29(3)4)22-16-34-19-25-38(26-20-34)50-42(46)8-2/h7-14,17-20,23-28H,1-3,5H2,4,6H3. The first-order valence-electron chi connectivity index (χ1n) is 15.6. The van der Waals surface area contributed by atoms with E-state index in [2.05, 4.69) is 50.0 Å². The molecule has 0 spiro atoms. The van der Waals surface area contributed by atoms with E-state index >= 15 is 0 Å². The van der Waals surface area contributed by atoms with E-state index in [-0.39, 0.29) is 33.8 Å². The minimum Gasteiger partial charge on any atom is -0.423 e. The van der Waals surface area contributed by atoms with Crippen molar-refractivity contribution < 1.29 is 38.1 Å². The summed E-state index contributed by atoms with van der Waals surface area (Å²) >= 11 is 0. The number of carbonyl (C=O) groups excluding carboxylic acids is 4. The van der Waals surface area contributed by atoms with Crippen molar-refractivity contribution in [1.82, 2.24) is 0 Å². The monoisotopic (exact) mass is 688 g/mol. The molecule has 0 amide bonds. The molecule has 8 heteroatoms. The van der Waals surface area contributed by atoms with Crippen LogP contribution in [0.3, 0.4) is 0 Å². The Morgan fingerprint density at radius 3 is 1.23 bits per heavy atom. The van der Waals surface area contributed by atoms with Crippen LogP contribution in [0.1, 0.15) is 47.2 Å². The van der Waals surface area contributed by atoms with Gasteiger partial charge in [-0.15, -0.1) is 0 Å². The number of rotatable bonds is 10. The van der Waals surface area contributed by atoms with Crippen LogP contribution in [0.5, 0.6) is 23.0 Å². The van der Waals surface area contributed by atoms with Crippen LogP contribution in [0.2, 0.25) is 0 Å². The number of ether oxygens (including phenoxy) is 4. The summed E-state index contributed by atoms with van der Waals surface area (Å²) in [6, 6.07) is 23.8. The lowest BCUT2D eigenvalue weighted by Crippen LogP contribution is -2.12. The highest BCUT2D eigenvalue weighted by molar-refractivity contribution is 5.90. The summed E-state index contributed by atoms with van der Waals surface area (Å²) < 4.78 is 21.4. The molecule has 4 aromatic carbocycles. The maximum absolute atomic E-state index is 12.6. The molecule has 256 valence electrons. The van der Waals surface area contributed by atoms with E-state index in [0.717, 1.165) is 23.3 Å². The van der Waals surface area contributed by atoms with Crippen LogP contribution in [-0.2, 0) is 19.2 Å². The van der Waals surface area contributed by atoms with Crippen molar-refractivity contribution in [2.24, 2.45) is 0 Å². The van der Waals surface area contributed by atoms with Crippen molar-refractivity contribution in [2.75, 3.05) is 0 Å². The van der Waals surface area contributed by atoms with Crippen LogP contribution >= 0.6 is 0 Å². The van der Waals surface area contributed by atoms with E-state index in [9.17, 15) is 19.2 Å². The lowest BCUT2D eigenvalue weighted by atomic mass is 10.1. The molecule has 4 aromatic rings. The fraction of sp³-hybridized carbons (Fsp3) is 0.0455. The Morgan fingerprint density at radius 1 is 0.519 bits per heavy atom. The molecule has 0 saturated heterocycles. The van der Waals surface area contributed by atoms with Gasteiger partial charge in [-0.1, -0.05) is 86.4 Å². The second-order valence-electron chi connectivity index (χ2n) is 11.0. The number of hydrogen-bond acceptors (Lipinski definition) is 8. The van der Waals surface area contributed by atoms with Gasteiger partial charge in [0, 0.05) is 46.6 Å². The zero-order valence-corrected chi connectivity index (χ0v) is 28.5. The molecule has 0 fully saturated rings.